The molecular weight excluding hydrogens is 304 g/mol. The summed E-state index contributed by atoms with van der Waals surface area (Å²) in [6.45, 7) is 3.56. The summed E-state index contributed by atoms with van der Waals surface area (Å²) in [5.41, 5.74) is 7.25. The van der Waals surface area contributed by atoms with E-state index < -0.39 is 0 Å². The molecule has 5 nitrogen and oxygen atoms in total. The molecule has 0 aliphatic rings. The summed E-state index contributed by atoms with van der Waals surface area (Å²) in [4.78, 5) is 12.0. The van der Waals surface area contributed by atoms with Gasteiger partial charge in [-0.25, -0.2) is 0 Å². The molecule has 2 aromatic carbocycles. The largest absolute Gasteiger partial charge is 0.494 e. The molecule has 0 bridgehead atoms. The van der Waals surface area contributed by atoms with Crippen molar-refractivity contribution in [3.8, 4) is 11.5 Å². The molecule has 5 heteroatoms. The number of benzene rings is 2. The monoisotopic (exact) mass is 328 g/mol. The van der Waals surface area contributed by atoms with Gasteiger partial charge in [0, 0.05) is 18.7 Å². The lowest BCUT2D eigenvalue weighted by Crippen LogP contribution is -2.12. The van der Waals surface area contributed by atoms with Crippen LogP contribution in [0.3, 0.4) is 0 Å². The SMILES string of the molecule is CCOc1ccc(CCC(=O)Nc2ccc(OCCN)cc2)cc1. The summed E-state index contributed by atoms with van der Waals surface area (Å²) in [7, 11) is 0. The maximum atomic E-state index is 12.0. The van der Waals surface area contributed by atoms with Gasteiger partial charge in [-0.05, 0) is 55.3 Å². The minimum Gasteiger partial charge on any atom is -0.494 e. The van der Waals surface area contributed by atoms with Gasteiger partial charge < -0.3 is 20.5 Å². The smallest absolute Gasteiger partial charge is 0.224 e. The van der Waals surface area contributed by atoms with Gasteiger partial charge in [0.15, 0.2) is 0 Å². The fourth-order valence-electron chi connectivity index (χ4n) is 2.21. The molecule has 0 radical (unpaired) electrons. The van der Waals surface area contributed by atoms with Crippen LogP contribution in [0.4, 0.5) is 5.69 Å². The van der Waals surface area contributed by atoms with Gasteiger partial charge in [0.25, 0.3) is 0 Å². The summed E-state index contributed by atoms with van der Waals surface area (Å²) >= 11 is 0. The van der Waals surface area contributed by atoms with Crippen LogP contribution < -0.4 is 20.5 Å². The summed E-state index contributed by atoms with van der Waals surface area (Å²) < 4.78 is 10.8. The van der Waals surface area contributed by atoms with Crippen LogP contribution in [0.1, 0.15) is 18.9 Å². The van der Waals surface area contributed by atoms with E-state index >= 15 is 0 Å². The number of amides is 1. The standard InChI is InChI=1S/C19H24N2O3/c1-2-23-17-8-3-15(4-9-17)5-12-19(22)21-16-6-10-18(11-7-16)24-14-13-20/h3-4,6-11H,2,5,12-14,20H2,1H3,(H,21,22). The fourth-order valence-corrected chi connectivity index (χ4v) is 2.21. The number of hydrogen-bond donors (Lipinski definition) is 2. The third-order valence-electron chi connectivity index (χ3n) is 3.40. The predicted molar refractivity (Wildman–Crippen MR) is 95.6 cm³/mol. The summed E-state index contributed by atoms with van der Waals surface area (Å²) in [6.07, 6.45) is 1.12. The predicted octanol–water partition coefficient (Wildman–Crippen LogP) is 2.99. The van der Waals surface area contributed by atoms with Crippen molar-refractivity contribution in [1.29, 1.82) is 0 Å². The van der Waals surface area contributed by atoms with E-state index in [1.807, 2.05) is 55.5 Å². The third kappa shape index (κ3) is 5.93. The topological polar surface area (TPSA) is 73.6 Å². The van der Waals surface area contributed by atoms with E-state index in [1.54, 1.807) is 0 Å². The molecule has 0 aromatic heterocycles. The quantitative estimate of drug-likeness (QED) is 0.742. The second-order valence-electron chi connectivity index (χ2n) is 5.29. The van der Waals surface area contributed by atoms with Crippen molar-refractivity contribution < 1.29 is 14.3 Å². The Labute approximate surface area is 142 Å². The number of carbonyl (C=O) groups is 1. The van der Waals surface area contributed by atoms with Crippen LogP contribution in [0.5, 0.6) is 11.5 Å². The maximum Gasteiger partial charge on any atom is 0.224 e. The Morgan fingerprint density at radius 3 is 2.25 bits per heavy atom. The fraction of sp³-hybridized carbons (Fsp3) is 0.316. The molecule has 0 unspecified atom stereocenters. The van der Waals surface area contributed by atoms with Gasteiger partial charge in [-0.2, -0.15) is 0 Å². The highest BCUT2D eigenvalue weighted by atomic mass is 16.5. The zero-order valence-corrected chi connectivity index (χ0v) is 14.0. The highest BCUT2D eigenvalue weighted by molar-refractivity contribution is 5.90. The van der Waals surface area contributed by atoms with E-state index in [0.29, 0.717) is 32.6 Å². The van der Waals surface area contributed by atoms with Crippen molar-refractivity contribution in [3.05, 3.63) is 54.1 Å². The van der Waals surface area contributed by atoms with Crippen LogP contribution >= 0.6 is 0 Å². The number of hydrogen-bond acceptors (Lipinski definition) is 4. The first-order valence-corrected chi connectivity index (χ1v) is 8.15. The normalized spacial score (nSPS) is 10.2. The van der Waals surface area contributed by atoms with Crippen molar-refractivity contribution in [3.63, 3.8) is 0 Å². The van der Waals surface area contributed by atoms with E-state index in [4.69, 9.17) is 15.2 Å². The lowest BCUT2D eigenvalue weighted by atomic mass is 10.1. The maximum absolute atomic E-state index is 12.0. The zero-order valence-electron chi connectivity index (χ0n) is 14.0. The number of nitrogens with two attached hydrogens (primary N) is 1. The second-order valence-corrected chi connectivity index (χ2v) is 5.29. The third-order valence-corrected chi connectivity index (χ3v) is 3.40. The van der Waals surface area contributed by atoms with E-state index in [2.05, 4.69) is 5.32 Å². The van der Waals surface area contributed by atoms with Gasteiger partial charge in [-0.1, -0.05) is 12.1 Å². The Kier molecular flexibility index (Phi) is 7.11. The Morgan fingerprint density at radius 1 is 1.00 bits per heavy atom. The van der Waals surface area contributed by atoms with E-state index in [-0.39, 0.29) is 5.91 Å². The van der Waals surface area contributed by atoms with Crippen molar-refractivity contribution in [1.82, 2.24) is 0 Å². The molecule has 2 aromatic rings. The summed E-state index contributed by atoms with van der Waals surface area (Å²) in [5, 5.41) is 2.88. The number of anilines is 1. The minimum absolute atomic E-state index is 0.0143. The van der Waals surface area contributed by atoms with Crippen LogP contribution in [-0.4, -0.2) is 25.7 Å². The highest BCUT2D eigenvalue weighted by Crippen LogP contribution is 2.17. The van der Waals surface area contributed by atoms with E-state index in [9.17, 15) is 4.79 Å². The van der Waals surface area contributed by atoms with Gasteiger partial charge in [-0.3, -0.25) is 4.79 Å². The van der Waals surface area contributed by atoms with Crippen LogP contribution in [0.2, 0.25) is 0 Å². The average molecular weight is 328 g/mol. The molecule has 0 saturated heterocycles. The molecule has 2 rings (SSSR count). The first-order valence-electron chi connectivity index (χ1n) is 8.15. The van der Waals surface area contributed by atoms with Crippen LogP contribution in [0.15, 0.2) is 48.5 Å². The van der Waals surface area contributed by atoms with Crippen molar-refractivity contribution in [2.75, 3.05) is 25.1 Å². The Bertz CT molecular complexity index is 624. The molecule has 0 atom stereocenters. The molecule has 0 saturated carbocycles. The average Bonchev–Trinajstić information content (AvgIpc) is 2.61. The Morgan fingerprint density at radius 2 is 1.62 bits per heavy atom. The first-order chi connectivity index (χ1) is 11.7. The molecule has 3 N–H and O–H groups in total. The minimum atomic E-state index is -0.0143. The Hall–Kier alpha value is -2.53. The van der Waals surface area contributed by atoms with Gasteiger partial charge in [0.05, 0.1) is 6.61 Å². The lowest BCUT2D eigenvalue weighted by molar-refractivity contribution is -0.116. The van der Waals surface area contributed by atoms with E-state index in [0.717, 1.165) is 22.7 Å². The number of ether oxygens (including phenoxy) is 2. The molecule has 0 aliphatic carbocycles. The lowest BCUT2D eigenvalue weighted by Gasteiger charge is -2.08. The van der Waals surface area contributed by atoms with Crippen molar-refractivity contribution in [2.45, 2.75) is 19.8 Å². The molecular formula is C19H24N2O3. The number of aryl methyl sites for hydroxylation is 1. The van der Waals surface area contributed by atoms with Crippen LogP contribution in [-0.2, 0) is 11.2 Å². The van der Waals surface area contributed by atoms with Crippen molar-refractivity contribution in [2.24, 2.45) is 5.73 Å². The van der Waals surface area contributed by atoms with Gasteiger partial charge >= 0.3 is 0 Å². The molecule has 0 fully saturated rings. The van der Waals surface area contributed by atoms with E-state index in [1.165, 1.54) is 0 Å². The molecule has 1 amide bonds. The zero-order chi connectivity index (χ0) is 17.2. The van der Waals surface area contributed by atoms with Gasteiger partial charge in [0.1, 0.15) is 18.1 Å². The van der Waals surface area contributed by atoms with Gasteiger partial charge in [0.2, 0.25) is 5.91 Å². The summed E-state index contributed by atoms with van der Waals surface area (Å²) in [5.74, 6) is 1.58. The number of nitrogens with one attached hydrogen (secondary N) is 1. The molecule has 24 heavy (non-hydrogen) atoms. The number of carbonyl (C=O) groups excluding carboxylic acids is 1. The second kappa shape index (κ2) is 9.57. The highest BCUT2D eigenvalue weighted by Gasteiger charge is 2.04. The van der Waals surface area contributed by atoms with Crippen LogP contribution in [0, 0.1) is 0 Å². The molecule has 0 aliphatic heterocycles. The van der Waals surface area contributed by atoms with Crippen LogP contribution in [0.25, 0.3) is 0 Å². The Balaban J connectivity index is 1.78. The molecule has 0 spiro atoms. The van der Waals surface area contributed by atoms with Gasteiger partial charge in [-0.15, -0.1) is 0 Å². The van der Waals surface area contributed by atoms with Crippen molar-refractivity contribution >= 4 is 11.6 Å². The summed E-state index contributed by atoms with van der Waals surface area (Å²) in [6, 6.07) is 15.1. The molecule has 128 valence electrons. The molecule has 0 heterocycles. The first kappa shape index (κ1) is 17.8. The number of rotatable bonds is 9.